The van der Waals surface area contributed by atoms with E-state index in [1.54, 1.807) is 0 Å². The molecule has 0 aliphatic heterocycles. The monoisotopic (exact) mass is 114 g/mol. The van der Waals surface area contributed by atoms with E-state index >= 15 is 0 Å². The van der Waals surface area contributed by atoms with Gasteiger partial charge in [0.1, 0.15) is 0 Å². The lowest BCUT2D eigenvalue weighted by molar-refractivity contribution is 0.498. The van der Waals surface area contributed by atoms with Crippen molar-refractivity contribution in [2.45, 2.75) is 5.54 Å². The maximum Gasteiger partial charge on any atom is 0.230 e. The van der Waals surface area contributed by atoms with Crippen molar-refractivity contribution < 1.29 is 9.59 Å². The molecule has 0 heterocycles. The van der Waals surface area contributed by atoms with Gasteiger partial charge in [-0.25, -0.2) is 0 Å². The Morgan fingerprint density at radius 2 is 1.75 bits per heavy atom. The number of hydrogen-bond acceptors (Lipinski definition) is 4. The number of rotatable bonds is 3. The Balaban J connectivity index is 3.96. The smallest absolute Gasteiger partial charge is 0.230 e. The molecule has 0 unspecified atom stereocenters. The van der Waals surface area contributed by atoms with Crippen molar-refractivity contribution in [3.8, 4) is 0 Å². The second-order valence-corrected chi connectivity index (χ2v) is 1.38. The lowest BCUT2D eigenvalue weighted by atomic mass is 10.1. The zero-order valence-electron chi connectivity index (χ0n) is 4.18. The van der Waals surface area contributed by atoms with Crippen molar-refractivity contribution in [2.24, 2.45) is 11.5 Å². The van der Waals surface area contributed by atoms with Gasteiger partial charge in [-0.3, -0.25) is 9.59 Å². The molecule has 0 atom stereocenters. The first-order valence-electron chi connectivity index (χ1n) is 1.96. The quantitative estimate of drug-likeness (QED) is 0.410. The van der Waals surface area contributed by atoms with Gasteiger partial charge in [-0.05, 0) is 0 Å². The SMILES string of the molecule is NCC(N)([C]=O)[C]=O. The molecule has 4 nitrogen and oxygen atoms in total. The van der Waals surface area contributed by atoms with Crippen LogP contribution in [0.25, 0.3) is 0 Å². The van der Waals surface area contributed by atoms with Gasteiger partial charge < -0.3 is 11.5 Å². The largest absolute Gasteiger partial charge is 0.328 e. The standard InChI is InChI=1S/C4H6N2O2/c5-1-4(6,2-7)3-8/h1,5-6H2. The molecule has 4 N–H and O–H groups in total. The average Bonchev–Trinajstić information content (AvgIpc) is 1.87. The Hall–Kier alpha value is -0.740. The minimum Gasteiger partial charge on any atom is -0.328 e. The number of hydrogen-bond donors (Lipinski definition) is 2. The van der Waals surface area contributed by atoms with Gasteiger partial charge in [-0.15, -0.1) is 0 Å². The molecule has 0 aliphatic carbocycles. The van der Waals surface area contributed by atoms with Crippen LogP contribution < -0.4 is 11.5 Å². The Morgan fingerprint density at radius 3 is 1.75 bits per heavy atom. The lowest BCUT2D eigenvalue weighted by Crippen LogP contribution is -2.50. The van der Waals surface area contributed by atoms with Crippen LogP contribution in [0.2, 0.25) is 0 Å². The van der Waals surface area contributed by atoms with E-state index < -0.39 is 5.54 Å². The van der Waals surface area contributed by atoms with Gasteiger partial charge in [0.25, 0.3) is 0 Å². The van der Waals surface area contributed by atoms with Crippen LogP contribution in [0.3, 0.4) is 0 Å². The van der Waals surface area contributed by atoms with Crippen molar-refractivity contribution in [1.82, 2.24) is 0 Å². The summed E-state index contributed by atoms with van der Waals surface area (Å²) < 4.78 is 0. The molecule has 0 amide bonds. The molecule has 0 fully saturated rings. The summed E-state index contributed by atoms with van der Waals surface area (Å²) in [6.45, 7) is -0.250. The zero-order valence-corrected chi connectivity index (χ0v) is 4.18. The van der Waals surface area contributed by atoms with E-state index in [-0.39, 0.29) is 6.54 Å². The minimum absolute atomic E-state index is 0.250. The molecule has 4 heteroatoms. The highest BCUT2D eigenvalue weighted by atomic mass is 16.1. The molecule has 8 heavy (non-hydrogen) atoms. The molecule has 0 aromatic carbocycles. The summed E-state index contributed by atoms with van der Waals surface area (Å²) in [6.07, 6.45) is 2.51. The topological polar surface area (TPSA) is 86.2 Å². The van der Waals surface area contributed by atoms with Crippen molar-refractivity contribution in [1.29, 1.82) is 0 Å². The van der Waals surface area contributed by atoms with E-state index in [1.165, 1.54) is 12.6 Å². The summed E-state index contributed by atoms with van der Waals surface area (Å²) >= 11 is 0. The highest BCUT2D eigenvalue weighted by Crippen LogP contribution is 1.83. The Bertz CT molecular complexity index is 94.2. The maximum atomic E-state index is 9.70. The second-order valence-electron chi connectivity index (χ2n) is 1.38. The predicted molar refractivity (Wildman–Crippen MR) is 27.4 cm³/mol. The van der Waals surface area contributed by atoms with Crippen LogP contribution in [0.5, 0.6) is 0 Å². The van der Waals surface area contributed by atoms with Gasteiger partial charge in [0.05, 0.1) is 0 Å². The Kier molecular flexibility index (Phi) is 2.30. The van der Waals surface area contributed by atoms with Crippen molar-refractivity contribution in [3.05, 3.63) is 0 Å². The predicted octanol–water partition coefficient (Wildman–Crippen LogP) is -2.14. The number of nitrogens with two attached hydrogens (primary N) is 2. The van der Waals surface area contributed by atoms with E-state index in [1.807, 2.05) is 0 Å². The van der Waals surface area contributed by atoms with Crippen LogP contribution in [-0.2, 0) is 9.59 Å². The first kappa shape index (κ1) is 7.26. The molecule has 0 aromatic rings. The van der Waals surface area contributed by atoms with Gasteiger partial charge in [0.2, 0.25) is 12.6 Å². The van der Waals surface area contributed by atoms with E-state index in [0.717, 1.165) is 0 Å². The Morgan fingerprint density at radius 1 is 1.38 bits per heavy atom. The lowest BCUT2D eigenvalue weighted by Gasteiger charge is -2.06. The zero-order chi connectivity index (χ0) is 6.62. The van der Waals surface area contributed by atoms with Crippen LogP contribution in [-0.4, -0.2) is 24.7 Å². The van der Waals surface area contributed by atoms with Gasteiger partial charge in [-0.1, -0.05) is 0 Å². The third kappa shape index (κ3) is 1.40. The summed E-state index contributed by atoms with van der Waals surface area (Å²) in [5.74, 6) is 0. The van der Waals surface area contributed by atoms with Crippen LogP contribution in [0.4, 0.5) is 0 Å². The van der Waals surface area contributed by atoms with Crippen LogP contribution in [0.15, 0.2) is 0 Å². The summed E-state index contributed by atoms with van der Waals surface area (Å²) in [6, 6.07) is 0. The van der Waals surface area contributed by atoms with Crippen LogP contribution in [0, 0.1) is 0 Å². The first-order valence-corrected chi connectivity index (χ1v) is 1.96. The van der Waals surface area contributed by atoms with Gasteiger partial charge >= 0.3 is 0 Å². The summed E-state index contributed by atoms with van der Waals surface area (Å²) in [5.41, 5.74) is 8.09. The van der Waals surface area contributed by atoms with Crippen molar-refractivity contribution >= 4 is 12.6 Å². The third-order valence-corrected chi connectivity index (χ3v) is 0.686. The highest BCUT2D eigenvalue weighted by Gasteiger charge is 2.23. The van der Waals surface area contributed by atoms with Gasteiger partial charge in [0.15, 0.2) is 5.54 Å². The fourth-order valence-electron chi connectivity index (χ4n) is 0.104. The molecule has 0 saturated heterocycles. The van der Waals surface area contributed by atoms with Gasteiger partial charge in [0, 0.05) is 6.54 Å². The fourth-order valence-corrected chi connectivity index (χ4v) is 0.104. The molecule has 2 radical (unpaired) electrons. The van der Waals surface area contributed by atoms with E-state index in [4.69, 9.17) is 11.5 Å². The van der Waals surface area contributed by atoms with Crippen LogP contribution >= 0.6 is 0 Å². The van der Waals surface area contributed by atoms with E-state index in [0.29, 0.717) is 0 Å². The van der Waals surface area contributed by atoms with Crippen molar-refractivity contribution in [3.63, 3.8) is 0 Å². The molecule has 0 spiro atoms. The fraction of sp³-hybridized carbons (Fsp3) is 0.500. The van der Waals surface area contributed by atoms with Crippen molar-refractivity contribution in [2.75, 3.05) is 6.54 Å². The van der Waals surface area contributed by atoms with E-state index in [9.17, 15) is 9.59 Å². The number of carbonyl (C=O) groups excluding carboxylic acids is 2. The molecular formula is C4H6N2O2. The molecule has 0 rings (SSSR count). The third-order valence-electron chi connectivity index (χ3n) is 0.686. The average molecular weight is 114 g/mol. The van der Waals surface area contributed by atoms with E-state index in [2.05, 4.69) is 0 Å². The summed E-state index contributed by atoms with van der Waals surface area (Å²) in [5, 5.41) is 0. The molecular weight excluding hydrogens is 108 g/mol. The molecule has 0 bridgehead atoms. The normalized spacial score (nSPS) is 10.8. The Labute approximate surface area is 46.8 Å². The highest BCUT2D eigenvalue weighted by molar-refractivity contribution is 5.89. The second kappa shape index (κ2) is 2.54. The molecule has 0 aromatic heterocycles. The summed E-state index contributed by atoms with van der Waals surface area (Å²) in [4.78, 5) is 19.4. The molecule has 0 saturated carbocycles. The van der Waals surface area contributed by atoms with Gasteiger partial charge in [-0.2, -0.15) is 0 Å². The maximum absolute atomic E-state index is 9.70. The minimum atomic E-state index is -1.71. The van der Waals surface area contributed by atoms with Crippen LogP contribution in [0.1, 0.15) is 0 Å². The molecule has 44 valence electrons. The summed E-state index contributed by atoms with van der Waals surface area (Å²) in [7, 11) is 0. The molecule has 0 aliphatic rings. The first-order chi connectivity index (χ1) is 3.68.